The molecule has 84 valence electrons. The van der Waals surface area contributed by atoms with Crippen molar-refractivity contribution < 1.29 is 9.53 Å². The zero-order valence-electron chi connectivity index (χ0n) is 8.96. The van der Waals surface area contributed by atoms with Gasteiger partial charge in [0.05, 0.1) is 4.34 Å². The molecule has 0 fully saturated rings. The second kappa shape index (κ2) is 6.26. The van der Waals surface area contributed by atoms with Crippen molar-refractivity contribution >= 4 is 28.7 Å². The molecule has 15 heavy (non-hydrogen) atoms. The highest BCUT2D eigenvalue weighted by Gasteiger charge is 2.17. The number of thiophene rings is 1. The Kier molecular flexibility index (Phi) is 5.29. The third-order valence-corrected chi connectivity index (χ3v) is 3.31. The molecule has 0 saturated heterocycles. The lowest BCUT2D eigenvalue weighted by molar-refractivity contribution is -0.129. The van der Waals surface area contributed by atoms with Crippen LogP contribution < -0.4 is 0 Å². The van der Waals surface area contributed by atoms with E-state index in [1.165, 1.54) is 11.3 Å². The first kappa shape index (κ1) is 12.7. The van der Waals surface area contributed by atoms with E-state index in [0.717, 1.165) is 15.6 Å². The van der Waals surface area contributed by atoms with E-state index < -0.39 is 0 Å². The molecule has 4 heteroatoms. The highest BCUT2D eigenvalue weighted by Crippen LogP contribution is 2.22. The highest BCUT2D eigenvalue weighted by molar-refractivity contribution is 7.16. The summed E-state index contributed by atoms with van der Waals surface area (Å²) in [5.74, 6) is 0.137. The van der Waals surface area contributed by atoms with E-state index in [-0.39, 0.29) is 11.9 Å². The lowest BCUT2D eigenvalue weighted by Gasteiger charge is -2.12. The standard InChI is InChI=1S/C11H15ClO2S/c1-3-10(14-4-2)9(13)7-8-5-6-11(12)15-8/h5-6,10H,3-4,7H2,1-2H3. The second-order valence-corrected chi connectivity index (χ2v) is 5.00. The molecule has 0 radical (unpaired) electrons. The van der Waals surface area contributed by atoms with Gasteiger partial charge in [0.15, 0.2) is 5.78 Å². The van der Waals surface area contributed by atoms with Gasteiger partial charge in [-0.05, 0) is 25.5 Å². The third-order valence-electron chi connectivity index (χ3n) is 2.08. The van der Waals surface area contributed by atoms with E-state index in [9.17, 15) is 4.79 Å². The van der Waals surface area contributed by atoms with Crippen LogP contribution in [-0.2, 0) is 16.0 Å². The topological polar surface area (TPSA) is 26.3 Å². The zero-order valence-corrected chi connectivity index (χ0v) is 10.5. The predicted octanol–water partition coefficient (Wildman–Crippen LogP) is 3.33. The van der Waals surface area contributed by atoms with E-state index in [4.69, 9.17) is 16.3 Å². The molecule has 0 aliphatic carbocycles. The predicted molar refractivity (Wildman–Crippen MR) is 63.7 cm³/mol. The molecule has 0 spiro atoms. The lowest BCUT2D eigenvalue weighted by Crippen LogP contribution is -2.24. The molecule has 0 aliphatic rings. The maximum absolute atomic E-state index is 11.8. The number of hydrogen-bond donors (Lipinski definition) is 0. The molecular weight excluding hydrogens is 232 g/mol. The monoisotopic (exact) mass is 246 g/mol. The fourth-order valence-corrected chi connectivity index (χ4v) is 2.47. The van der Waals surface area contributed by atoms with Crippen LogP contribution in [0.2, 0.25) is 4.34 Å². The molecule has 1 aromatic rings. The average molecular weight is 247 g/mol. The Labute approximate surface area is 99.2 Å². The maximum atomic E-state index is 11.8. The van der Waals surface area contributed by atoms with Gasteiger partial charge in [-0.15, -0.1) is 11.3 Å². The van der Waals surface area contributed by atoms with Gasteiger partial charge < -0.3 is 4.74 Å². The van der Waals surface area contributed by atoms with Crippen molar-refractivity contribution in [1.29, 1.82) is 0 Å². The number of Topliss-reactive ketones (excluding diaryl/α,β-unsaturated/α-hetero) is 1. The first-order chi connectivity index (χ1) is 7.17. The van der Waals surface area contributed by atoms with Gasteiger partial charge in [0.25, 0.3) is 0 Å². The van der Waals surface area contributed by atoms with Crippen LogP contribution in [0.3, 0.4) is 0 Å². The van der Waals surface area contributed by atoms with Crippen molar-refractivity contribution in [3.8, 4) is 0 Å². The summed E-state index contributed by atoms with van der Waals surface area (Å²) in [4.78, 5) is 12.8. The van der Waals surface area contributed by atoms with Crippen molar-refractivity contribution in [2.24, 2.45) is 0 Å². The van der Waals surface area contributed by atoms with Gasteiger partial charge >= 0.3 is 0 Å². The Morgan fingerprint density at radius 3 is 2.73 bits per heavy atom. The van der Waals surface area contributed by atoms with Gasteiger partial charge in [-0.2, -0.15) is 0 Å². The molecule has 1 atom stereocenters. The van der Waals surface area contributed by atoms with Crippen molar-refractivity contribution in [1.82, 2.24) is 0 Å². The number of rotatable bonds is 6. The van der Waals surface area contributed by atoms with Crippen LogP contribution in [0.25, 0.3) is 0 Å². The van der Waals surface area contributed by atoms with Crippen LogP contribution in [0.15, 0.2) is 12.1 Å². The van der Waals surface area contributed by atoms with Crippen molar-refractivity contribution in [2.75, 3.05) is 6.61 Å². The fraction of sp³-hybridized carbons (Fsp3) is 0.545. The summed E-state index contributed by atoms with van der Waals surface area (Å²) >= 11 is 7.25. The fourth-order valence-electron chi connectivity index (χ4n) is 1.37. The minimum atomic E-state index is -0.268. The molecule has 2 nitrogen and oxygen atoms in total. The van der Waals surface area contributed by atoms with Crippen molar-refractivity contribution in [3.05, 3.63) is 21.3 Å². The van der Waals surface area contributed by atoms with E-state index in [2.05, 4.69) is 0 Å². The van der Waals surface area contributed by atoms with E-state index in [0.29, 0.717) is 13.0 Å². The van der Waals surface area contributed by atoms with Crippen molar-refractivity contribution in [3.63, 3.8) is 0 Å². The van der Waals surface area contributed by atoms with Crippen LogP contribution in [-0.4, -0.2) is 18.5 Å². The number of ketones is 1. The second-order valence-electron chi connectivity index (χ2n) is 3.20. The highest BCUT2D eigenvalue weighted by atomic mass is 35.5. The van der Waals surface area contributed by atoms with Crippen LogP contribution >= 0.6 is 22.9 Å². The van der Waals surface area contributed by atoms with Gasteiger partial charge in [-0.3, -0.25) is 4.79 Å². The minimum Gasteiger partial charge on any atom is -0.371 e. The summed E-state index contributed by atoms with van der Waals surface area (Å²) in [6, 6.07) is 3.71. The van der Waals surface area contributed by atoms with Gasteiger partial charge in [-0.25, -0.2) is 0 Å². The Hall–Kier alpha value is -0.380. The van der Waals surface area contributed by atoms with E-state index in [1.807, 2.05) is 26.0 Å². The summed E-state index contributed by atoms with van der Waals surface area (Å²) in [5, 5.41) is 0. The largest absolute Gasteiger partial charge is 0.371 e. The number of ether oxygens (including phenoxy) is 1. The summed E-state index contributed by atoms with van der Waals surface area (Å²) in [6.45, 7) is 4.44. The van der Waals surface area contributed by atoms with Gasteiger partial charge in [0, 0.05) is 17.9 Å². The maximum Gasteiger partial charge on any atom is 0.166 e. The molecule has 0 saturated carbocycles. The molecule has 0 amide bonds. The molecule has 0 bridgehead atoms. The summed E-state index contributed by atoms with van der Waals surface area (Å²) < 4.78 is 6.08. The minimum absolute atomic E-state index is 0.137. The zero-order chi connectivity index (χ0) is 11.3. The van der Waals surface area contributed by atoms with E-state index >= 15 is 0 Å². The smallest absolute Gasteiger partial charge is 0.166 e. The number of carbonyl (C=O) groups excluding carboxylic acids is 1. The number of halogens is 1. The number of carbonyl (C=O) groups is 1. The average Bonchev–Trinajstić information content (AvgIpc) is 2.60. The molecule has 0 aliphatic heterocycles. The molecule has 1 unspecified atom stereocenters. The Balaban J connectivity index is 2.53. The number of hydrogen-bond acceptors (Lipinski definition) is 3. The van der Waals surface area contributed by atoms with Crippen LogP contribution in [0.1, 0.15) is 25.1 Å². The van der Waals surface area contributed by atoms with Crippen LogP contribution in [0, 0.1) is 0 Å². The summed E-state index contributed by atoms with van der Waals surface area (Å²) in [5.41, 5.74) is 0. The van der Waals surface area contributed by atoms with Crippen LogP contribution in [0.4, 0.5) is 0 Å². The van der Waals surface area contributed by atoms with Gasteiger partial charge in [0.2, 0.25) is 0 Å². The quantitative estimate of drug-likeness (QED) is 0.770. The summed E-state index contributed by atoms with van der Waals surface area (Å²) in [7, 11) is 0. The molecule has 1 rings (SSSR count). The first-order valence-electron chi connectivity index (χ1n) is 5.05. The Bertz CT molecular complexity index is 322. The lowest BCUT2D eigenvalue weighted by atomic mass is 10.1. The Morgan fingerprint density at radius 1 is 1.53 bits per heavy atom. The molecular formula is C11H15ClO2S. The molecule has 1 heterocycles. The normalized spacial score (nSPS) is 12.7. The molecule has 0 N–H and O–H groups in total. The van der Waals surface area contributed by atoms with Crippen molar-refractivity contribution in [2.45, 2.75) is 32.8 Å². The van der Waals surface area contributed by atoms with E-state index in [1.54, 1.807) is 0 Å². The van der Waals surface area contributed by atoms with Gasteiger partial charge in [-0.1, -0.05) is 18.5 Å². The van der Waals surface area contributed by atoms with Gasteiger partial charge in [0.1, 0.15) is 6.10 Å². The first-order valence-corrected chi connectivity index (χ1v) is 6.25. The third kappa shape index (κ3) is 3.93. The Morgan fingerprint density at radius 2 is 2.27 bits per heavy atom. The SMILES string of the molecule is CCOC(CC)C(=O)Cc1ccc(Cl)s1. The van der Waals surface area contributed by atoms with Crippen LogP contribution in [0.5, 0.6) is 0 Å². The molecule has 1 aromatic heterocycles. The molecule has 0 aromatic carbocycles. The summed E-state index contributed by atoms with van der Waals surface area (Å²) in [6.07, 6.45) is 0.887.